The van der Waals surface area contributed by atoms with Gasteiger partial charge < -0.3 is 15.3 Å². The maximum absolute atomic E-state index is 14.0. The summed E-state index contributed by atoms with van der Waals surface area (Å²) in [4.78, 5) is 39.5. The molecule has 35 heavy (non-hydrogen) atoms. The molecular formula is C29H40O6. The Labute approximate surface area is 208 Å². The van der Waals surface area contributed by atoms with Crippen LogP contribution in [0.5, 0.6) is 0 Å². The number of allylic oxidation sites excluding steroid dienone is 4. The Balaban J connectivity index is 1.78. The second-order valence-electron chi connectivity index (χ2n) is 12.9. The van der Waals surface area contributed by atoms with Crippen LogP contribution >= 0.6 is 0 Å². The van der Waals surface area contributed by atoms with Crippen molar-refractivity contribution in [1.82, 2.24) is 0 Å². The van der Waals surface area contributed by atoms with Crippen LogP contribution < -0.4 is 0 Å². The normalized spacial score (nSPS) is 45.0. The molecule has 4 aliphatic rings. The van der Waals surface area contributed by atoms with Crippen LogP contribution in [0.1, 0.15) is 67.7 Å². The number of aliphatic hydroxyl groups is 3. The summed E-state index contributed by atoms with van der Waals surface area (Å²) in [6.45, 7) is 12.4. The van der Waals surface area contributed by atoms with Gasteiger partial charge in [-0.2, -0.15) is 0 Å². The van der Waals surface area contributed by atoms with Crippen molar-refractivity contribution < 1.29 is 29.7 Å². The maximum Gasteiger partial charge on any atom is 0.187 e. The highest BCUT2D eigenvalue weighted by atomic mass is 16.3. The van der Waals surface area contributed by atoms with Gasteiger partial charge in [0.05, 0.1) is 11.7 Å². The predicted octanol–water partition coefficient (Wildman–Crippen LogP) is 3.34. The third-order valence-corrected chi connectivity index (χ3v) is 10.4. The maximum atomic E-state index is 14.0. The van der Waals surface area contributed by atoms with E-state index >= 15 is 0 Å². The number of fused-ring (bicyclic) bond motifs is 5. The van der Waals surface area contributed by atoms with Crippen molar-refractivity contribution in [3.63, 3.8) is 0 Å². The van der Waals surface area contributed by atoms with E-state index in [-0.39, 0.29) is 35.7 Å². The van der Waals surface area contributed by atoms with Crippen LogP contribution in [0, 0.1) is 39.9 Å². The molecule has 0 heterocycles. The Morgan fingerprint density at radius 1 is 1.11 bits per heavy atom. The molecule has 0 aromatic heterocycles. The fraction of sp³-hybridized carbons (Fsp3) is 0.690. The SMILES string of the molecule is C[C@H]1C(=O)C=C[C@@H]2C1=CCC1[C@]3(C)C[C@@H](O)[C@H](C(C)(O)C(=O)/C=C/C(C)(C)O)[C@@]3(C)CC(=O)[C@]12C. The highest BCUT2D eigenvalue weighted by Crippen LogP contribution is 2.73. The molecule has 0 aromatic carbocycles. The summed E-state index contributed by atoms with van der Waals surface area (Å²) < 4.78 is 0. The largest absolute Gasteiger partial charge is 0.393 e. The van der Waals surface area contributed by atoms with Gasteiger partial charge in [-0.05, 0) is 62.5 Å². The summed E-state index contributed by atoms with van der Waals surface area (Å²) in [5, 5.41) is 32.9. The van der Waals surface area contributed by atoms with Crippen LogP contribution in [-0.2, 0) is 14.4 Å². The van der Waals surface area contributed by atoms with Gasteiger partial charge in [-0.15, -0.1) is 0 Å². The van der Waals surface area contributed by atoms with Crippen molar-refractivity contribution in [3.8, 4) is 0 Å². The lowest BCUT2D eigenvalue weighted by Crippen LogP contribution is -2.63. The number of rotatable bonds is 4. The van der Waals surface area contributed by atoms with E-state index in [1.54, 1.807) is 6.08 Å². The van der Waals surface area contributed by atoms with Crippen LogP contribution in [0.3, 0.4) is 0 Å². The molecule has 0 amide bonds. The molecule has 4 aliphatic carbocycles. The zero-order valence-electron chi connectivity index (χ0n) is 22.0. The standard InChI is InChI=1S/C29H40O6/c1-16-17-8-11-21-26(4)14-20(31)24(29(7,35)22(32)12-13-25(2,3)34)27(26,5)15-23(33)28(21,6)18(17)9-10-19(16)30/h8-10,12-13,16,18,20-21,24,31,34-35H,11,14-15H2,1-7H3/b13-12+/t16-,18-,20-,21?,24+,26+,27-,28+,29?/m1/s1. The van der Waals surface area contributed by atoms with E-state index in [1.165, 1.54) is 32.9 Å². The molecule has 3 N–H and O–H groups in total. The minimum absolute atomic E-state index is 0.0543. The van der Waals surface area contributed by atoms with E-state index in [9.17, 15) is 29.7 Å². The monoisotopic (exact) mass is 484 g/mol. The number of aliphatic hydroxyl groups excluding tert-OH is 1. The fourth-order valence-electron chi connectivity index (χ4n) is 8.27. The molecule has 2 unspecified atom stereocenters. The first-order chi connectivity index (χ1) is 15.9. The number of ketones is 3. The summed E-state index contributed by atoms with van der Waals surface area (Å²) in [6, 6.07) is 0. The highest BCUT2D eigenvalue weighted by molar-refractivity contribution is 5.98. The van der Waals surface area contributed by atoms with E-state index in [0.717, 1.165) is 5.57 Å². The molecule has 0 saturated heterocycles. The molecule has 192 valence electrons. The second kappa shape index (κ2) is 7.80. The topological polar surface area (TPSA) is 112 Å². The first-order valence-corrected chi connectivity index (χ1v) is 12.7. The van der Waals surface area contributed by atoms with Gasteiger partial charge in [-0.1, -0.05) is 51.5 Å². The second-order valence-corrected chi connectivity index (χ2v) is 12.9. The Morgan fingerprint density at radius 3 is 2.34 bits per heavy atom. The molecular weight excluding hydrogens is 444 g/mol. The van der Waals surface area contributed by atoms with Gasteiger partial charge in [0.25, 0.3) is 0 Å². The number of Topliss-reactive ketones (excluding diaryl/α,β-unsaturated/α-hetero) is 1. The Kier molecular flexibility index (Phi) is 5.84. The van der Waals surface area contributed by atoms with Crippen LogP contribution in [-0.4, -0.2) is 50.0 Å². The lowest BCUT2D eigenvalue weighted by Gasteiger charge is -2.63. The average Bonchev–Trinajstić information content (AvgIpc) is 2.94. The molecule has 6 nitrogen and oxygen atoms in total. The lowest BCUT2D eigenvalue weighted by molar-refractivity contribution is -0.178. The number of hydrogen-bond acceptors (Lipinski definition) is 6. The van der Waals surface area contributed by atoms with E-state index in [4.69, 9.17) is 0 Å². The summed E-state index contributed by atoms with van der Waals surface area (Å²) >= 11 is 0. The summed E-state index contributed by atoms with van der Waals surface area (Å²) in [5.74, 6) is -1.87. The van der Waals surface area contributed by atoms with E-state index in [2.05, 4.69) is 13.0 Å². The van der Waals surface area contributed by atoms with Gasteiger partial charge in [0.2, 0.25) is 0 Å². The zero-order valence-corrected chi connectivity index (χ0v) is 22.0. The molecule has 0 bridgehead atoms. The van der Waals surface area contributed by atoms with Gasteiger partial charge in [0, 0.05) is 29.6 Å². The molecule has 6 heteroatoms. The number of carbonyl (C=O) groups excluding carboxylic acids is 3. The summed E-state index contributed by atoms with van der Waals surface area (Å²) in [7, 11) is 0. The minimum atomic E-state index is -1.91. The highest BCUT2D eigenvalue weighted by Gasteiger charge is 2.73. The first kappa shape index (κ1) is 26.2. The predicted molar refractivity (Wildman–Crippen MR) is 132 cm³/mol. The molecule has 2 saturated carbocycles. The van der Waals surface area contributed by atoms with Crippen molar-refractivity contribution in [2.45, 2.75) is 85.0 Å². The average molecular weight is 485 g/mol. The van der Waals surface area contributed by atoms with Gasteiger partial charge in [0.15, 0.2) is 11.6 Å². The van der Waals surface area contributed by atoms with Gasteiger partial charge in [-0.25, -0.2) is 0 Å². The Hall–Kier alpha value is -1.89. The summed E-state index contributed by atoms with van der Waals surface area (Å²) in [5.41, 5.74) is -4.20. The molecule has 9 atom stereocenters. The van der Waals surface area contributed by atoms with Crippen molar-refractivity contribution >= 4 is 17.3 Å². The number of carbonyl (C=O) groups is 3. The van der Waals surface area contributed by atoms with Gasteiger partial charge in [0.1, 0.15) is 11.4 Å². The van der Waals surface area contributed by atoms with Crippen molar-refractivity contribution in [2.75, 3.05) is 0 Å². The first-order valence-electron chi connectivity index (χ1n) is 12.7. The quantitative estimate of drug-likeness (QED) is 0.417. The van der Waals surface area contributed by atoms with Gasteiger partial charge >= 0.3 is 0 Å². The van der Waals surface area contributed by atoms with Crippen LogP contribution in [0.25, 0.3) is 0 Å². The molecule has 0 aliphatic heterocycles. The molecule has 2 fully saturated rings. The zero-order chi connectivity index (χ0) is 26.4. The van der Waals surface area contributed by atoms with Crippen LogP contribution in [0.15, 0.2) is 36.0 Å². The Morgan fingerprint density at radius 2 is 1.74 bits per heavy atom. The molecule has 0 radical (unpaired) electrons. The third-order valence-electron chi connectivity index (χ3n) is 10.4. The summed E-state index contributed by atoms with van der Waals surface area (Å²) in [6.07, 6.45) is 8.26. The Bertz CT molecular complexity index is 1060. The fourth-order valence-corrected chi connectivity index (χ4v) is 8.27. The third kappa shape index (κ3) is 3.51. The molecule has 4 rings (SSSR count). The smallest absolute Gasteiger partial charge is 0.187 e. The lowest BCUT2D eigenvalue weighted by atomic mass is 9.39. The minimum Gasteiger partial charge on any atom is -0.393 e. The van der Waals surface area contributed by atoms with Crippen molar-refractivity contribution in [2.24, 2.45) is 39.9 Å². The van der Waals surface area contributed by atoms with Crippen molar-refractivity contribution in [1.29, 1.82) is 0 Å². The van der Waals surface area contributed by atoms with E-state index in [1.807, 2.05) is 26.8 Å². The van der Waals surface area contributed by atoms with E-state index in [0.29, 0.717) is 12.8 Å². The van der Waals surface area contributed by atoms with Crippen molar-refractivity contribution in [3.05, 3.63) is 36.0 Å². The van der Waals surface area contributed by atoms with Gasteiger partial charge in [-0.3, -0.25) is 14.4 Å². The molecule has 0 spiro atoms. The molecule has 0 aromatic rings. The number of hydrogen-bond donors (Lipinski definition) is 3. The van der Waals surface area contributed by atoms with Crippen LogP contribution in [0.4, 0.5) is 0 Å². The van der Waals surface area contributed by atoms with E-state index < -0.39 is 45.3 Å². The van der Waals surface area contributed by atoms with Crippen LogP contribution in [0.2, 0.25) is 0 Å².